The smallest absolute Gasteiger partial charge is 0.308 e. The minimum absolute atomic E-state index is 0.0895. The van der Waals surface area contributed by atoms with E-state index in [1.807, 2.05) is 0 Å². The molecule has 0 spiro atoms. The van der Waals surface area contributed by atoms with Crippen LogP contribution in [0.1, 0.15) is 37.9 Å². The number of aryl methyl sites for hydroxylation is 1. The molecule has 1 aromatic heterocycles. The van der Waals surface area contributed by atoms with Crippen molar-refractivity contribution in [1.29, 1.82) is 0 Å². The third-order valence-electron chi connectivity index (χ3n) is 2.24. The van der Waals surface area contributed by atoms with Gasteiger partial charge in [-0.2, -0.15) is 0 Å². The first-order valence-electron chi connectivity index (χ1n) is 5.63. The van der Waals surface area contributed by atoms with Crippen molar-refractivity contribution in [2.24, 2.45) is 0 Å². The molecular formula is C12H18N2O3S. The van der Waals surface area contributed by atoms with Gasteiger partial charge in [-0.05, 0) is 6.92 Å². The van der Waals surface area contributed by atoms with E-state index in [-0.39, 0.29) is 22.3 Å². The van der Waals surface area contributed by atoms with E-state index in [4.69, 9.17) is 5.11 Å². The first-order valence-corrected chi connectivity index (χ1v) is 6.62. The number of rotatable bonds is 4. The Morgan fingerprint density at radius 1 is 1.44 bits per heavy atom. The maximum atomic E-state index is 11.8. The molecule has 0 bridgehead atoms. The summed E-state index contributed by atoms with van der Waals surface area (Å²) in [5, 5.41) is 8.71. The first kappa shape index (κ1) is 14.8. The molecule has 1 heterocycles. The molecule has 0 aliphatic carbocycles. The van der Waals surface area contributed by atoms with E-state index in [1.165, 1.54) is 0 Å². The zero-order chi connectivity index (χ0) is 13.9. The van der Waals surface area contributed by atoms with Crippen LogP contribution >= 0.6 is 11.8 Å². The molecule has 1 aromatic rings. The van der Waals surface area contributed by atoms with Crippen molar-refractivity contribution in [3.05, 3.63) is 27.4 Å². The lowest BCUT2D eigenvalue weighted by Crippen LogP contribution is -2.21. The van der Waals surface area contributed by atoms with Gasteiger partial charge in [-0.1, -0.05) is 20.8 Å². The molecule has 0 amide bonds. The van der Waals surface area contributed by atoms with Crippen molar-refractivity contribution in [2.75, 3.05) is 0 Å². The molecule has 0 atom stereocenters. The molecule has 2 N–H and O–H groups in total. The quantitative estimate of drug-likeness (QED) is 0.870. The van der Waals surface area contributed by atoms with Crippen LogP contribution in [0.5, 0.6) is 0 Å². The second kappa shape index (κ2) is 5.56. The Kier molecular flexibility index (Phi) is 4.56. The van der Waals surface area contributed by atoms with E-state index in [1.54, 1.807) is 18.7 Å². The van der Waals surface area contributed by atoms with E-state index in [0.29, 0.717) is 17.3 Å². The molecule has 0 unspecified atom stereocenters. The van der Waals surface area contributed by atoms with Gasteiger partial charge in [-0.3, -0.25) is 9.59 Å². The summed E-state index contributed by atoms with van der Waals surface area (Å²) in [4.78, 5) is 29.3. The molecule has 5 nitrogen and oxygen atoms in total. The number of carboxylic acid groups (broad SMARTS) is 1. The number of carbonyl (C=O) groups is 1. The van der Waals surface area contributed by atoms with Gasteiger partial charge in [0.2, 0.25) is 0 Å². The highest BCUT2D eigenvalue weighted by Crippen LogP contribution is 2.25. The first-order chi connectivity index (χ1) is 8.19. The van der Waals surface area contributed by atoms with Crippen LogP contribution in [0.2, 0.25) is 0 Å². The molecule has 6 heteroatoms. The zero-order valence-electron chi connectivity index (χ0n) is 11.0. The van der Waals surface area contributed by atoms with Crippen molar-refractivity contribution in [1.82, 2.24) is 9.97 Å². The van der Waals surface area contributed by atoms with Gasteiger partial charge in [-0.15, -0.1) is 11.8 Å². The number of aliphatic carboxylic acids is 1. The fourth-order valence-electron chi connectivity index (χ4n) is 1.38. The highest BCUT2D eigenvalue weighted by molar-refractivity contribution is 7.99. The average Bonchev–Trinajstić information content (AvgIpc) is 2.19. The van der Waals surface area contributed by atoms with E-state index in [9.17, 15) is 9.59 Å². The molecule has 0 saturated heterocycles. The van der Waals surface area contributed by atoms with Gasteiger partial charge in [-0.25, -0.2) is 4.98 Å². The second-order valence-corrected chi connectivity index (χ2v) is 6.85. The number of hydrogen-bond acceptors (Lipinski definition) is 4. The maximum absolute atomic E-state index is 11.8. The van der Waals surface area contributed by atoms with Gasteiger partial charge >= 0.3 is 5.97 Å². The third kappa shape index (κ3) is 4.52. The van der Waals surface area contributed by atoms with E-state index in [2.05, 4.69) is 30.7 Å². The number of nitrogens with zero attached hydrogens (tertiary/aromatic N) is 1. The molecule has 0 aliphatic heterocycles. The lowest BCUT2D eigenvalue weighted by atomic mass is 10.2. The molecule has 100 valence electrons. The summed E-state index contributed by atoms with van der Waals surface area (Å²) >= 11 is 1.67. The number of H-pyrrole nitrogens is 1. The van der Waals surface area contributed by atoms with Crippen LogP contribution in [0.15, 0.2) is 4.79 Å². The van der Waals surface area contributed by atoms with Crippen LogP contribution in [0.4, 0.5) is 0 Å². The largest absolute Gasteiger partial charge is 0.481 e. The molecule has 0 fully saturated rings. The molecule has 1 rings (SSSR count). The van der Waals surface area contributed by atoms with Crippen LogP contribution in [0.25, 0.3) is 0 Å². The van der Waals surface area contributed by atoms with Gasteiger partial charge in [0.1, 0.15) is 5.82 Å². The van der Waals surface area contributed by atoms with Gasteiger partial charge in [0.05, 0.1) is 12.2 Å². The summed E-state index contributed by atoms with van der Waals surface area (Å²) in [5.41, 5.74) is 0.368. The van der Waals surface area contributed by atoms with Gasteiger partial charge in [0.15, 0.2) is 0 Å². The van der Waals surface area contributed by atoms with E-state index < -0.39 is 5.97 Å². The predicted molar refractivity (Wildman–Crippen MR) is 72.0 cm³/mol. The van der Waals surface area contributed by atoms with Gasteiger partial charge < -0.3 is 10.1 Å². The zero-order valence-corrected chi connectivity index (χ0v) is 11.8. The summed E-state index contributed by atoms with van der Waals surface area (Å²) in [6.45, 7) is 7.92. The van der Waals surface area contributed by atoms with Crippen molar-refractivity contribution in [3.8, 4) is 0 Å². The Bertz CT molecular complexity index is 503. The maximum Gasteiger partial charge on any atom is 0.308 e. The fourth-order valence-corrected chi connectivity index (χ4v) is 2.09. The number of thioether (sulfide) groups is 1. The topological polar surface area (TPSA) is 83.0 Å². The van der Waals surface area contributed by atoms with Crippen LogP contribution in [-0.2, 0) is 17.0 Å². The third-order valence-corrected chi connectivity index (χ3v) is 3.53. The van der Waals surface area contributed by atoms with Crippen molar-refractivity contribution in [3.63, 3.8) is 0 Å². The van der Waals surface area contributed by atoms with E-state index in [0.717, 1.165) is 0 Å². The summed E-state index contributed by atoms with van der Waals surface area (Å²) in [6, 6.07) is 0. The molecule has 18 heavy (non-hydrogen) atoms. The molecule has 0 radical (unpaired) electrons. The minimum atomic E-state index is -1.03. The van der Waals surface area contributed by atoms with Crippen LogP contribution < -0.4 is 5.56 Å². The van der Waals surface area contributed by atoms with Crippen LogP contribution in [0, 0.1) is 6.92 Å². The van der Waals surface area contributed by atoms with Crippen LogP contribution in [-0.4, -0.2) is 25.8 Å². The van der Waals surface area contributed by atoms with Crippen molar-refractivity contribution >= 4 is 17.7 Å². The van der Waals surface area contributed by atoms with Crippen molar-refractivity contribution in [2.45, 2.75) is 44.6 Å². The van der Waals surface area contributed by atoms with Crippen molar-refractivity contribution < 1.29 is 9.90 Å². The standard InChI is InChI=1S/C12H18N2O3S/c1-7-8(5-10(15)16)11(17)14-9(13-7)6-18-12(2,3)4/h5-6H2,1-4H3,(H,15,16)(H,13,14,17). The Balaban J connectivity index is 2.93. The van der Waals surface area contributed by atoms with E-state index >= 15 is 0 Å². The average molecular weight is 270 g/mol. The number of aromatic nitrogens is 2. The monoisotopic (exact) mass is 270 g/mol. The van der Waals surface area contributed by atoms with Gasteiger partial charge in [0.25, 0.3) is 5.56 Å². The number of aromatic amines is 1. The normalized spacial score (nSPS) is 11.6. The SMILES string of the molecule is Cc1nc(CSC(C)(C)C)[nH]c(=O)c1CC(=O)O. The molecular weight excluding hydrogens is 252 g/mol. The molecule has 0 aromatic carbocycles. The summed E-state index contributed by atoms with van der Waals surface area (Å²) in [5.74, 6) is 0.168. The summed E-state index contributed by atoms with van der Waals surface area (Å²) in [6.07, 6.45) is -0.291. The number of nitrogens with one attached hydrogen (secondary N) is 1. The number of hydrogen-bond donors (Lipinski definition) is 2. The highest BCUT2D eigenvalue weighted by atomic mass is 32.2. The lowest BCUT2D eigenvalue weighted by molar-refractivity contribution is -0.136. The second-order valence-electron chi connectivity index (χ2n) is 5.05. The highest BCUT2D eigenvalue weighted by Gasteiger charge is 2.14. The Hall–Kier alpha value is -1.30. The minimum Gasteiger partial charge on any atom is -0.481 e. The van der Waals surface area contributed by atoms with Gasteiger partial charge in [0, 0.05) is 16.0 Å². The summed E-state index contributed by atoms with van der Waals surface area (Å²) < 4.78 is 0.0895. The fraction of sp³-hybridized carbons (Fsp3) is 0.583. The lowest BCUT2D eigenvalue weighted by Gasteiger charge is -2.17. The Labute approximate surface area is 110 Å². The Morgan fingerprint density at radius 3 is 2.50 bits per heavy atom. The van der Waals surface area contributed by atoms with Crippen LogP contribution in [0.3, 0.4) is 0 Å². The Morgan fingerprint density at radius 2 is 2.06 bits per heavy atom. The summed E-state index contributed by atoms with van der Waals surface area (Å²) in [7, 11) is 0. The predicted octanol–water partition coefficient (Wildman–Crippen LogP) is 1.74. The molecule has 0 aliphatic rings. The molecule has 0 saturated carbocycles. The number of carboxylic acids is 1.